The van der Waals surface area contributed by atoms with Gasteiger partial charge in [0, 0.05) is 12.1 Å². The number of benzene rings is 1. The predicted octanol–water partition coefficient (Wildman–Crippen LogP) is 1.63. The number of carbonyl (C=O) groups excluding carboxylic acids is 1. The van der Waals surface area contributed by atoms with Crippen LogP contribution < -0.4 is 10.5 Å². The van der Waals surface area contributed by atoms with Crippen molar-refractivity contribution in [2.75, 3.05) is 0 Å². The van der Waals surface area contributed by atoms with Crippen molar-refractivity contribution in [2.45, 2.75) is 13.5 Å². The van der Waals surface area contributed by atoms with Crippen LogP contribution in [0.2, 0.25) is 0 Å². The summed E-state index contributed by atoms with van der Waals surface area (Å²) in [7, 11) is 0. The van der Waals surface area contributed by atoms with E-state index in [9.17, 15) is 4.79 Å². The van der Waals surface area contributed by atoms with Crippen LogP contribution in [0, 0.1) is 0 Å². The lowest BCUT2D eigenvalue weighted by molar-refractivity contribution is -0.130. The maximum Gasteiger partial charge on any atom is 0.338 e. The van der Waals surface area contributed by atoms with E-state index in [2.05, 4.69) is 6.58 Å². The molecule has 0 saturated heterocycles. The molecule has 0 unspecified atom stereocenters. The largest absolute Gasteiger partial charge is 0.423 e. The van der Waals surface area contributed by atoms with Crippen molar-refractivity contribution in [1.82, 2.24) is 0 Å². The van der Waals surface area contributed by atoms with Gasteiger partial charge in [-0.1, -0.05) is 18.7 Å². The molecule has 0 heterocycles. The van der Waals surface area contributed by atoms with Gasteiger partial charge in [-0.15, -0.1) is 0 Å². The van der Waals surface area contributed by atoms with Crippen LogP contribution in [0.25, 0.3) is 0 Å². The Bertz CT molecular complexity index is 341. The van der Waals surface area contributed by atoms with Crippen molar-refractivity contribution < 1.29 is 9.53 Å². The summed E-state index contributed by atoms with van der Waals surface area (Å²) in [6, 6.07) is 7.06. The summed E-state index contributed by atoms with van der Waals surface area (Å²) >= 11 is 0. The van der Waals surface area contributed by atoms with E-state index in [1.807, 2.05) is 12.1 Å². The van der Waals surface area contributed by atoms with E-state index in [0.717, 1.165) is 5.56 Å². The highest BCUT2D eigenvalue weighted by atomic mass is 16.5. The number of rotatable bonds is 3. The molecule has 0 bridgehead atoms. The zero-order valence-corrected chi connectivity index (χ0v) is 8.12. The molecule has 0 aliphatic carbocycles. The monoisotopic (exact) mass is 191 g/mol. The molecule has 0 aromatic heterocycles. The fourth-order valence-corrected chi connectivity index (χ4v) is 0.888. The first kappa shape index (κ1) is 10.5. The van der Waals surface area contributed by atoms with Gasteiger partial charge in [0.15, 0.2) is 0 Å². The summed E-state index contributed by atoms with van der Waals surface area (Å²) in [5, 5.41) is 0. The van der Waals surface area contributed by atoms with Crippen LogP contribution >= 0.6 is 0 Å². The second-order valence-electron chi connectivity index (χ2n) is 3.02. The van der Waals surface area contributed by atoms with Crippen LogP contribution in [0.3, 0.4) is 0 Å². The van der Waals surface area contributed by atoms with Gasteiger partial charge in [-0.2, -0.15) is 0 Å². The van der Waals surface area contributed by atoms with Gasteiger partial charge in [-0.05, 0) is 24.6 Å². The van der Waals surface area contributed by atoms with Crippen molar-refractivity contribution in [1.29, 1.82) is 0 Å². The minimum atomic E-state index is -0.412. The normalized spacial score (nSPS) is 9.57. The summed E-state index contributed by atoms with van der Waals surface area (Å²) in [5.41, 5.74) is 6.81. The molecule has 2 N–H and O–H groups in total. The lowest BCUT2D eigenvalue weighted by atomic mass is 10.2. The van der Waals surface area contributed by atoms with E-state index in [1.54, 1.807) is 19.1 Å². The van der Waals surface area contributed by atoms with E-state index in [1.165, 1.54) is 0 Å². The Kier molecular flexibility index (Phi) is 3.42. The third kappa shape index (κ3) is 2.71. The number of hydrogen-bond donors (Lipinski definition) is 1. The molecule has 1 aromatic carbocycles. The smallest absolute Gasteiger partial charge is 0.338 e. The average Bonchev–Trinajstić information content (AvgIpc) is 2.19. The number of carbonyl (C=O) groups is 1. The maximum atomic E-state index is 11.1. The molecule has 0 aliphatic rings. The Labute approximate surface area is 83.2 Å². The first-order chi connectivity index (χ1) is 6.63. The molecule has 0 radical (unpaired) electrons. The van der Waals surface area contributed by atoms with Crippen LogP contribution in [0.4, 0.5) is 0 Å². The molecule has 0 fully saturated rings. The minimum absolute atomic E-state index is 0.382. The molecule has 74 valence electrons. The highest BCUT2D eigenvalue weighted by Crippen LogP contribution is 2.12. The number of hydrogen-bond acceptors (Lipinski definition) is 3. The first-order valence-electron chi connectivity index (χ1n) is 4.30. The summed E-state index contributed by atoms with van der Waals surface area (Å²) in [4.78, 5) is 11.1. The van der Waals surface area contributed by atoms with E-state index in [0.29, 0.717) is 17.9 Å². The Balaban J connectivity index is 2.69. The standard InChI is InChI=1S/C11H13NO2/c1-8(2)11(13)14-10-5-3-9(7-12)4-6-10/h3-6H,1,7,12H2,2H3. The van der Waals surface area contributed by atoms with E-state index < -0.39 is 5.97 Å². The first-order valence-corrected chi connectivity index (χ1v) is 4.30. The Morgan fingerprint density at radius 3 is 2.43 bits per heavy atom. The van der Waals surface area contributed by atoms with Crippen LogP contribution in [0.5, 0.6) is 5.75 Å². The van der Waals surface area contributed by atoms with Gasteiger partial charge in [-0.25, -0.2) is 4.79 Å². The number of ether oxygens (including phenoxy) is 1. The fourth-order valence-electron chi connectivity index (χ4n) is 0.888. The Hall–Kier alpha value is -1.61. The summed E-state index contributed by atoms with van der Waals surface area (Å²) < 4.78 is 5.00. The van der Waals surface area contributed by atoms with Crippen molar-refractivity contribution in [2.24, 2.45) is 5.73 Å². The molecule has 1 aromatic rings. The molecular weight excluding hydrogens is 178 g/mol. The highest BCUT2D eigenvalue weighted by Gasteiger charge is 2.04. The molecule has 0 saturated carbocycles. The van der Waals surface area contributed by atoms with Gasteiger partial charge in [0.2, 0.25) is 0 Å². The average molecular weight is 191 g/mol. The van der Waals surface area contributed by atoms with Crippen LogP contribution in [0.15, 0.2) is 36.4 Å². The topological polar surface area (TPSA) is 52.3 Å². The van der Waals surface area contributed by atoms with Gasteiger partial charge in [-0.3, -0.25) is 0 Å². The Morgan fingerprint density at radius 1 is 1.43 bits per heavy atom. The van der Waals surface area contributed by atoms with Crippen molar-refractivity contribution in [3.63, 3.8) is 0 Å². The van der Waals surface area contributed by atoms with Crippen LogP contribution in [-0.2, 0) is 11.3 Å². The molecule has 3 nitrogen and oxygen atoms in total. The summed E-state index contributed by atoms with van der Waals surface area (Å²) in [6.07, 6.45) is 0. The van der Waals surface area contributed by atoms with Gasteiger partial charge < -0.3 is 10.5 Å². The third-order valence-electron chi connectivity index (χ3n) is 1.72. The number of esters is 1. The van der Waals surface area contributed by atoms with Crippen LogP contribution in [0.1, 0.15) is 12.5 Å². The highest BCUT2D eigenvalue weighted by molar-refractivity contribution is 5.88. The van der Waals surface area contributed by atoms with Crippen molar-refractivity contribution in [3.05, 3.63) is 42.0 Å². The van der Waals surface area contributed by atoms with Crippen LogP contribution in [-0.4, -0.2) is 5.97 Å². The zero-order chi connectivity index (χ0) is 10.6. The Morgan fingerprint density at radius 2 is 2.00 bits per heavy atom. The molecule has 3 heteroatoms. The summed E-state index contributed by atoms with van der Waals surface area (Å²) in [6.45, 7) is 5.58. The van der Waals surface area contributed by atoms with E-state index in [4.69, 9.17) is 10.5 Å². The second kappa shape index (κ2) is 4.58. The predicted molar refractivity (Wildman–Crippen MR) is 54.8 cm³/mol. The molecule has 0 atom stereocenters. The van der Waals surface area contributed by atoms with Crippen molar-refractivity contribution >= 4 is 5.97 Å². The summed E-state index contributed by atoms with van der Waals surface area (Å²) in [5.74, 6) is 0.0979. The molecule has 0 amide bonds. The fraction of sp³-hybridized carbons (Fsp3) is 0.182. The molecule has 1 rings (SSSR count). The second-order valence-corrected chi connectivity index (χ2v) is 3.02. The van der Waals surface area contributed by atoms with Gasteiger partial charge >= 0.3 is 5.97 Å². The molecule has 14 heavy (non-hydrogen) atoms. The minimum Gasteiger partial charge on any atom is -0.423 e. The quantitative estimate of drug-likeness (QED) is 0.449. The zero-order valence-electron chi connectivity index (χ0n) is 8.12. The van der Waals surface area contributed by atoms with E-state index >= 15 is 0 Å². The van der Waals surface area contributed by atoms with Crippen molar-refractivity contribution in [3.8, 4) is 5.75 Å². The molecule has 0 spiro atoms. The van der Waals surface area contributed by atoms with E-state index in [-0.39, 0.29) is 0 Å². The van der Waals surface area contributed by atoms with Gasteiger partial charge in [0.1, 0.15) is 5.75 Å². The maximum absolute atomic E-state index is 11.1. The molecular formula is C11H13NO2. The lowest BCUT2D eigenvalue weighted by Crippen LogP contribution is -2.08. The number of nitrogens with two attached hydrogens (primary N) is 1. The lowest BCUT2D eigenvalue weighted by Gasteiger charge is -2.03. The van der Waals surface area contributed by atoms with Gasteiger partial charge in [0.25, 0.3) is 0 Å². The third-order valence-corrected chi connectivity index (χ3v) is 1.72. The SMILES string of the molecule is C=C(C)C(=O)Oc1ccc(CN)cc1. The van der Waals surface area contributed by atoms with Gasteiger partial charge in [0.05, 0.1) is 0 Å². The molecule has 0 aliphatic heterocycles.